The number of aliphatic hydroxyl groups is 1. The van der Waals surface area contributed by atoms with Crippen LogP contribution in [0.1, 0.15) is 25.0 Å². The highest BCUT2D eigenvalue weighted by atomic mass is 16.5. The molecule has 0 aromatic heterocycles. The second-order valence-corrected chi connectivity index (χ2v) is 3.53. The van der Waals surface area contributed by atoms with Crippen molar-refractivity contribution in [3.05, 3.63) is 42.5 Å². The molecule has 1 aromatic carbocycles. The number of rotatable bonds is 5. The van der Waals surface area contributed by atoms with Gasteiger partial charge in [-0.3, -0.25) is 0 Å². The summed E-state index contributed by atoms with van der Waals surface area (Å²) in [6.07, 6.45) is 2.21. The third kappa shape index (κ3) is 2.83. The molecule has 82 valence electrons. The highest BCUT2D eigenvalue weighted by Crippen LogP contribution is 2.26. The molecule has 2 nitrogen and oxygen atoms in total. The van der Waals surface area contributed by atoms with Crippen molar-refractivity contribution in [1.82, 2.24) is 0 Å². The predicted octanol–water partition coefficient (Wildman–Crippen LogP) is 2.94. The van der Waals surface area contributed by atoms with Crippen molar-refractivity contribution in [2.75, 3.05) is 7.11 Å². The van der Waals surface area contributed by atoms with E-state index in [-0.39, 0.29) is 5.92 Å². The predicted molar refractivity (Wildman–Crippen MR) is 61.9 cm³/mol. The Morgan fingerprint density at radius 1 is 1.40 bits per heavy atom. The van der Waals surface area contributed by atoms with Crippen molar-refractivity contribution in [3.8, 4) is 5.75 Å². The number of benzene rings is 1. The van der Waals surface area contributed by atoms with Gasteiger partial charge in [-0.15, -0.1) is 6.58 Å². The summed E-state index contributed by atoms with van der Waals surface area (Å²) >= 11 is 0. The van der Waals surface area contributed by atoms with E-state index in [1.165, 1.54) is 0 Å². The topological polar surface area (TPSA) is 29.5 Å². The smallest absolute Gasteiger partial charge is 0.118 e. The number of hydrogen-bond acceptors (Lipinski definition) is 2. The van der Waals surface area contributed by atoms with E-state index in [0.717, 1.165) is 17.7 Å². The molecule has 0 fully saturated rings. The molecule has 0 spiro atoms. The zero-order valence-electron chi connectivity index (χ0n) is 9.31. The van der Waals surface area contributed by atoms with Crippen LogP contribution in [0.2, 0.25) is 0 Å². The molecule has 0 aliphatic rings. The molecule has 0 bridgehead atoms. The quantitative estimate of drug-likeness (QED) is 0.750. The van der Waals surface area contributed by atoms with Crippen LogP contribution in [0.25, 0.3) is 0 Å². The van der Waals surface area contributed by atoms with Crippen molar-refractivity contribution >= 4 is 0 Å². The van der Waals surface area contributed by atoms with Crippen LogP contribution in [0.5, 0.6) is 5.75 Å². The Kier molecular flexibility index (Phi) is 4.37. The zero-order chi connectivity index (χ0) is 11.3. The van der Waals surface area contributed by atoms with Crippen LogP contribution in [-0.4, -0.2) is 12.2 Å². The fraction of sp³-hybridized carbons (Fsp3) is 0.385. The number of hydrogen-bond donors (Lipinski definition) is 1. The average molecular weight is 206 g/mol. The second-order valence-electron chi connectivity index (χ2n) is 3.53. The lowest BCUT2D eigenvalue weighted by Crippen LogP contribution is -2.08. The van der Waals surface area contributed by atoms with Crippen LogP contribution in [0.15, 0.2) is 36.9 Å². The first-order chi connectivity index (χ1) is 7.22. The molecular formula is C13H18O2. The lowest BCUT2D eigenvalue weighted by Gasteiger charge is -2.18. The normalized spacial score (nSPS) is 14.3. The Morgan fingerprint density at radius 3 is 2.40 bits per heavy atom. The third-order valence-electron chi connectivity index (χ3n) is 2.64. The van der Waals surface area contributed by atoms with E-state index in [1.807, 2.05) is 31.2 Å². The summed E-state index contributed by atoms with van der Waals surface area (Å²) in [7, 11) is 1.63. The molecule has 0 heterocycles. The van der Waals surface area contributed by atoms with Crippen LogP contribution in [0.4, 0.5) is 0 Å². The van der Waals surface area contributed by atoms with Crippen molar-refractivity contribution < 1.29 is 9.84 Å². The molecule has 1 aromatic rings. The monoisotopic (exact) mass is 206 g/mol. The molecule has 0 aliphatic carbocycles. The SMILES string of the molecule is C=CC(CC)C(O)c1ccc(OC)cc1. The molecule has 0 saturated carbocycles. The highest BCUT2D eigenvalue weighted by Gasteiger charge is 2.15. The highest BCUT2D eigenvalue weighted by molar-refractivity contribution is 5.29. The van der Waals surface area contributed by atoms with Gasteiger partial charge in [0.1, 0.15) is 5.75 Å². The summed E-state index contributed by atoms with van der Waals surface area (Å²) in [6, 6.07) is 7.48. The Morgan fingerprint density at radius 2 is 2.00 bits per heavy atom. The van der Waals surface area contributed by atoms with Gasteiger partial charge in [0.05, 0.1) is 13.2 Å². The second kappa shape index (κ2) is 5.56. The summed E-state index contributed by atoms with van der Waals surface area (Å²) in [6.45, 7) is 5.77. The number of aliphatic hydroxyl groups excluding tert-OH is 1. The summed E-state index contributed by atoms with van der Waals surface area (Å²) in [5.74, 6) is 0.913. The van der Waals surface area contributed by atoms with E-state index in [4.69, 9.17) is 4.74 Å². The van der Waals surface area contributed by atoms with E-state index in [1.54, 1.807) is 13.2 Å². The maximum atomic E-state index is 10.0. The van der Waals surface area contributed by atoms with Crippen LogP contribution in [0, 0.1) is 5.92 Å². The number of methoxy groups -OCH3 is 1. The standard InChI is InChI=1S/C13H18O2/c1-4-10(5-2)13(14)11-6-8-12(15-3)9-7-11/h4,6-10,13-14H,1,5H2,2-3H3. The minimum Gasteiger partial charge on any atom is -0.497 e. The maximum Gasteiger partial charge on any atom is 0.118 e. The van der Waals surface area contributed by atoms with E-state index in [2.05, 4.69) is 6.58 Å². The van der Waals surface area contributed by atoms with Crippen molar-refractivity contribution in [2.24, 2.45) is 5.92 Å². The molecular weight excluding hydrogens is 188 g/mol. The Hall–Kier alpha value is -1.28. The fourth-order valence-corrected chi connectivity index (χ4v) is 1.57. The minimum atomic E-state index is -0.474. The summed E-state index contributed by atoms with van der Waals surface area (Å²) < 4.78 is 5.06. The molecule has 2 unspecified atom stereocenters. The van der Waals surface area contributed by atoms with Crippen LogP contribution in [0.3, 0.4) is 0 Å². The van der Waals surface area contributed by atoms with Crippen LogP contribution in [-0.2, 0) is 0 Å². The molecule has 1 N–H and O–H groups in total. The molecule has 0 radical (unpaired) electrons. The fourth-order valence-electron chi connectivity index (χ4n) is 1.57. The molecule has 2 atom stereocenters. The first-order valence-electron chi connectivity index (χ1n) is 5.17. The largest absolute Gasteiger partial charge is 0.497 e. The van der Waals surface area contributed by atoms with Crippen molar-refractivity contribution in [2.45, 2.75) is 19.4 Å². The summed E-state index contributed by atoms with van der Waals surface area (Å²) in [4.78, 5) is 0. The summed E-state index contributed by atoms with van der Waals surface area (Å²) in [5, 5.41) is 10.0. The van der Waals surface area contributed by atoms with E-state index < -0.39 is 6.10 Å². The van der Waals surface area contributed by atoms with Crippen molar-refractivity contribution in [1.29, 1.82) is 0 Å². The van der Waals surface area contributed by atoms with Gasteiger partial charge in [-0.1, -0.05) is 25.1 Å². The summed E-state index contributed by atoms with van der Waals surface area (Å²) in [5.41, 5.74) is 0.905. The Balaban J connectivity index is 2.81. The maximum absolute atomic E-state index is 10.0. The van der Waals surface area contributed by atoms with Gasteiger partial charge in [-0.2, -0.15) is 0 Å². The van der Waals surface area contributed by atoms with Gasteiger partial charge >= 0.3 is 0 Å². The van der Waals surface area contributed by atoms with Gasteiger partial charge in [0, 0.05) is 5.92 Å². The van der Waals surface area contributed by atoms with Crippen LogP contribution < -0.4 is 4.74 Å². The van der Waals surface area contributed by atoms with E-state index in [9.17, 15) is 5.11 Å². The first-order valence-corrected chi connectivity index (χ1v) is 5.17. The van der Waals surface area contributed by atoms with Gasteiger partial charge in [-0.05, 0) is 24.1 Å². The third-order valence-corrected chi connectivity index (χ3v) is 2.64. The first kappa shape index (κ1) is 11.8. The lowest BCUT2D eigenvalue weighted by molar-refractivity contribution is 0.129. The van der Waals surface area contributed by atoms with Gasteiger partial charge in [0.2, 0.25) is 0 Å². The van der Waals surface area contributed by atoms with E-state index in [0.29, 0.717) is 0 Å². The van der Waals surface area contributed by atoms with E-state index >= 15 is 0 Å². The lowest BCUT2D eigenvalue weighted by atomic mass is 9.94. The minimum absolute atomic E-state index is 0.110. The molecule has 1 rings (SSSR count). The average Bonchev–Trinajstić information content (AvgIpc) is 2.30. The van der Waals surface area contributed by atoms with Gasteiger partial charge in [-0.25, -0.2) is 0 Å². The molecule has 2 heteroatoms. The van der Waals surface area contributed by atoms with Gasteiger partial charge in [0.15, 0.2) is 0 Å². The number of ether oxygens (including phenoxy) is 1. The zero-order valence-corrected chi connectivity index (χ0v) is 9.31. The Bertz CT molecular complexity index is 303. The molecule has 0 aliphatic heterocycles. The molecule has 0 saturated heterocycles. The Labute approximate surface area is 91.2 Å². The van der Waals surface area contributed by atoms with Gasteiger partial charge < -0.3 is 9.84 Å². The van der Waals surface area contributed by atoms with Gasteiger partial charge in [0.25, 0.3) is 0 Å². The molecule has 0 amide bonds. The molecule has 15 heavy (non-hydrogen) atoms. The van der Waals surface area contributed by atoms with Crippen molar-refractivity contribution in [3.63, 3.8) is 0 Å². The van der Waals surface area contributed by atoms with Crippen LogP contribution >= 0.6 is 0 Å².